The maximum Gasteiger partial charge on any atom is 0.314 e. The van der Waals surface area contributed by atoms with E-state index in [0.29, 0.717) is 42.6 Å². The van der Waals surface area contributed by atoms with Crippen LogP contribution >= 0.6 is 0 Å². The molecule has 1 aromatic heterocycles. The Bertz CT molecular complexity index is 1690. The molecule has 1 aliphatic rings. The van der Waals surface area contributed by atoms with Crippen molar-refractivity contribution in [2.75, 3.05) is 45.8 Å². The molecule has 3 amide bonds. The number of rotatable bonds is 17. The number of aromatic nitrogens is 1. The van der Waals surface area contributed by atoms with Gasteiger partial charge in [0.15, 0.2) is 0 Å². The number of nitrogens with one attached hydrogen (secondary N) is 4. The van der Waals surface area contributed by atoms with Gasteiger partial charge in [0, 0.05) is 37.6 Å². The van der Waals surface area contributed by atoms with Crippen molar-refractivity contribution in [1.82, 2.24) is 25.8 Å². The maximum atomic E-state index is 13.3. The van der Waals surface area contributed by atoms with Crippen LogP contribution in [0.1, 0.15) is 54.9 Å². The van der Waals surface area contributed by atoms with E-state index in [-0.39, 0.29) is 29.2 Å². The molecule has 1 fully saturated rings. The van der Waals surface area contributed by atoms with Crippen LogP contribution in [0.4, 0.5) is 4.79 Å². The fourth-order valence-corrected chi connectivity index (χ4v) is 7.13. The van der Waals surface area contributed by atoms with E-state index in [1.54, 1.807) is 12.1 Å². The Balaban J connectivity index is 0.959. The Morgan fingerprint density at radius 3 is 2.20 bits per heavy atom. The van der Waals surface area contributed by atoms with Crippen molar-refractivity contribution >= 4 is 22.8 Å². The topological polar surface area (TPSA) is 173 Å². The van der Waals surface area contributed by atoms with E-state index >= 15 is 0 Å². The number of fused-ring (bicyclic) bond motifs is 1. The van der Waals surface area contributed by atoms with Crippen LogP contribution < -0.4 is 27.2 Å². The van der Waals surface area contributed by atoms with E-state index in [9.17, 15) is 24.6 Å². The molecule has 11 nitrogen and oxygen atoms in total. The van der Waals surface area contributed by atoms with Crippen LogP contribution in [-0.2, 0) is 10.2 Å². The number of phenolic OH excluding ortho intramolecular Hbond substituents is 1. The van der Waals surface area contributed by atoms with Crippen LogP contribution in [0.3, 0.4) is 0 Å². The summed E-state index contributed by atoms with van der Waals surface area (Å²) in [6.45, 7) is 4.63. The normalized spacial score (nSPS) is 15.7. The van der Waals surface area contributed by atoms with Gasteiger partial charge in [0.2, 0.25) is 11.5 Å². The standard InChI is InChI=1S/C38H48N6O5/c39-36(48)38(27-11-4-1-5-12-27,28-13-6-2-7-14-28)29-19-24-44(26-29)23-10-22-42-37(49)41-21-9-3-8-20-40-25-33(46)30-15-17-32(45)35-31(30)16-18-34(47)43-35/h1-2,4-7,11-18,29,33,40,45-46H,3,8-10,19-26H2,(H2,39,48)(H,43,47)(H2,41,42,49). The number of aliphatic hydroxyl groups is 1. The molecule has 11 heteroatoms. The number of hydrogen-bond acceptors (Lipinski definition) is 7. The Kier molecular flexibility index (Phi) is 12.4. The minimum absolute atomic E-state index is 0.0351. The fourth-order valence-electron chi connectivity index (χ4n) is 7.13. The molecule has 2 unspecified atom stereocenters. The van der Waals surface area contributed by atoms with Crippen molar-refractivity contribution in [2.24, 2.45) is 11.7 Å². The molecule has 2 heterocycles. The van der Waals surface area contributed by atoms with Gasteiger partial charge in [-0.3, -0.25) is 9.59 Å². The molecule has 0 spiro atoms. The molecule has 260 valence electrons. The van der Waals surface area contributed by atoms with E-state index in [2.05, 4.69) is 25.8 Å². The number of carbonyl (C=O) groups is 2. The number of pyridine rings is 1. The molecule has 4 aromatic rings. The van der Waals surface area contributed by atoms with E-state index in [1.807, 2.05) is 60.7 Å². The lowest BCUT2D eigenvalue weighted by Crippen LogP contribution is -2.49. The molecule has 49 heavy (non-hydrogen) atoms. The fraction of sp³-hybridized carbons (Fsp3) is 0.395. The average molecular weight is 669 g/mol. The number of benzene rings is 3. The summed E-state index contributed by atoms with van der Waals surface area (Å²) < 4.78 is 0. The summed E-state index contributed by atoms with van der Waals surface area (Å²) in [6, 6.07) is 25.7. The minimum atomic E-state index is -0.903. The van der Waals surface area contributed by atoms with Crippen molar-refractivity contribution in [2.45, 2.75) is 43.6 Å². The van der Waals surface area contributed by atoms with Gasteiger partial charge in [-0.1, -0.05) is 73.2 Å². The van der Waals surface area contributed by atoms with Crippen LogP contribution in [0.5, 0.6) is 5.75 Å². The number of urea groups is 1. The summed E-state index contributed by atoms with van der Waals surface area (Å²) in [5.41, 5.74) is 7.79. The van der Waals surface area contributed by atoms with Crippen LogP contribution in [0.2, 0.25) is 0 Å². The van der Waals surface area contributed by atoms with E-state index in [0.717, 1.165) is 62.9 Å². The SMILES string of the molecule is NC(=O)C(c1ccccc1)(c1ccccc1)C1CCN(CCCNC(=O)NCCCCCNCC(O)c2ccc(O)c3[nH]c(=O)ccc23)C1. The lowest BCUT2D eigenvalue weighted by molar-refractivity contribution is -0.123. The summed E-state index contributed by atoms with van der Waals surface area (Å²) in [5, 5.41) is 30.4. The second-order valence-corrected chi connectivity index (χ2v) is 12.8. The highest BCUT2D eigenvalue weighted by atomic mass is 16.3. The van der Waals surface area contributed by atoms with E-state index in [1.165, 1.54) is 12.1 Å². The Hall–Kier alpha value is -4.71. The number of nitrogens with zero attached hydrogens (tertiary/aromatic N) is 1. The third kappa shape index (κ3) is 8.66. The van der Waals surface area contributed by atoms with Crippen molar-refractivity contribution in [3.63, 3.8) is 0 Å². The highest BCUT2D eigenvalue weighted by molar-refractivity contribution is 5.91. The zero-order valence-corrected chi connectivity index (χ0v) is 27.9. The molecule has 0 aliphatic carbocycles. The molecule has 0 radical (unpaired) electrons. The lowest BCUT2D eigenvalue weighted by Gasteiger charge is -2.37. The Morgan fingerprint density at radius 2 is 1.53 bits per heavy atom. The molecule has 2 atom stereocenters. The summed E-state index contributed by atoms with van der Waals surface area (Å²) in [7, 11) is 0. The molecule has 5 rings (SSSR count). The number of H-pyrrole nitrogens is 1. The first-order valence-corrected chi connectivity index (χ1v) is 17.2. The average Bonchev–Trinajstić information content (AvgIpc) is 3.58. The van der Waals surface area contributed by atoms with Gasteiger partial charge >= 0.3 is 6.03 Å². The van der Waals surface area contributed by atoms with Gasteiger partial charge in [-0.15, -0.1) is 0 Å². The molecule has 8 N–H and O–H groups in total. The smallest absolute Gasteiger partial charge is 0.314 e. The second-order valence-electron chi connectivity index (χ2n) is 12.8. The number of amides is 3. The number of hydrogen-bond donors (Lipinski definition) is 7. The number of carbonyl (C=O) groups excluding carboxylic acids is 2. The minimum Gasteiger partial charge on any atom is -0.506 e. The van der Waals surface area contributed by atoms with Gasteiger partial charge in [0.05, 0.1) is 11.6 Å². The van der Waals surface area contributed by atoms with Gasteiger partial charge in [-0.05, 0) is 80.1 Å². The van der Waals surface area contributed by atoms with E-state index in [4.69, 9.17) is 5.73 Å². The summed E-state index contributed by atoms with van der Waals surface area (Å²) in [4.78, 5) is 42.2. The van der Waals surface area contributed by atoms with Crippen LogP contribution in [-0.4, -0.2) is 77.8 Å². The van der Waals surface area contributed by atoms with Gasteiger partial charge in [0.1, 0.15) is 11.2 Å². The molecule has 0 saturated carbocycles. The highest BCUT2D eigenvalue weighted by Gasteiger charge is 2.49. The van der Waals surface area contributed by atoms with Gasteiger partial charge in [-0.2, -0.15) is 0 Å². The first-order chi connectivity index (χ1) is 23.8. The van der Waals surface area contributed by atoms with Crippen molar-refractivity contribution in [3.8, 4) is 5.75 Å². The third-order valence-corrected chi connectivity index (χ3v) is 9.59. The third-order valence-electron chi connectivity index (χ3n) is 9.59. The lowest BCUT2D eigenvalue weighted by atomic mass is 9.64. The molecule has 0 bridgehead atoms. The number of aliphatic hydroxyl groups excluding tert-OH is 1. The number of unbranched alkanes of at least 4 members (excludes halogenated alkanes) is 2. The zero-order valence-electron chi connectivity index (χ0n) is 27.9. The number of aromatic hydroxyl groups is 1. The van der Waals surface area contributed by atoms with Gasteiger partial charge in [0.25, 0.3) is 0 Å². The number of aromatic amines is 1. The number of primary amides is 1. The van der Waals surface area contributed by atoms with Crippen LogP contribution in [0.15, 0.2) is 89.7 Å². The predicted octanol–water partition coefficient (Wildman–Crippen LogP) is 3.51. The first kappa shape index (κ1) is 35.6. The van der Waals surface area contributed by atoms with Crippen molar-refractivity contribution < 1.29 is 19.8 Å². The summed E-state index contributed by atoms with van der Waals surface area (Å²) in [6.07, 6.45) is 3.51. The number of phenols is 1. The summed E-state index contributed by atoms with van der Waals surface area (Å²) >= 11 is 0. The maximum absolute atomic E-state index is 13.3. The number of likely N-dealkylation sites (tertiary alicyclic amines) is 1. The van der Waals surface area contributed by atoms with Gasteiger partial charge in [-0.25, -0.2) is 4.79 Å². The Morgan fingerprint density at radius 1 is 0.878 bits per heavy atom. The number of nitrogens with two attached hydrogens (primary N) is 1. The van der Waals surface area contributed by atoms with Gasteiger partial charge < -0.3 is 41.8 Å². The molecule has 1 aliphatic heterocycles. The predicted molar refractivity (Wildman–Crippen MR) is 191 cm³/mol. The first-order valence-electron chi connectivity index (χ1n) is 17.2. The van der Waals surface area contributed by atoms with E-state index < -0.39 is 11.5 Å². The molecular weight excluding hydrogens is 620 g/mol. The largest absolute Gasteiger partial charge is 0.506 e. The molecule has 1 saturated heterocycles. The van der Waals surface area contributed by atoms with Crippen LogP contribution in [0.25, 0.3) is 10.9 Å². The highest BCUT2D eigenvalue weighted by Crippen LogP contribution is 2.43. The van der Waals surface area contributed by atoms with Crippen molar-refractivity contribution in [3.05, 3.63) is 112 Å². The monoisotopic (exact) mass is 668 g/mol. The summed E-state index contributed by atoms with van der Waals surface area (Å²) in [5.74, 6) is -0.323. The Labute approximate surface area is 286 Å². The molecular formula is C38H48N6O5. The molecule has 3 aromatic carbocycles. The van der Waals surface area contributed by atoms with Crippen molar-refractivity contribution in [1.29, 1.82) is 0 Å². The quantitative estimate of drug-likeness (QED) is 0.0844. The zero-order chi connectivity index (χ0) is 34.6. The second kappa shape index (κ2) is 17.1. The van der Waals surface area contributed by atoms with Crippen LogP contribution in [0, 0.1) is 5.92 Å².